The molecule has 0 saturated carbocycles. The molecular weight excluding hydrogens is 626 g/mol. The van der Waals surface area contributed by atoms with E-state index in [1.807, 2.05) is 20.8 Å². The number of amides is 2. The first kappa shape index (κ1) is 36.1. The molecule has 1 aliphatic rings. The number of aliphatic hydroxyl groups excluding tert-OH is 1. The van der Waals surface area contributed by atoms with Gasteiger partial charge in [-0.3, -0.25) is 9.59 Å². The molecule has 3 aromatic rings. The van der Waals surface area contributed by atoms with Gasteiger partial charge in [-0.2, -0.15) is 4.31 Å². The molecule has 3 atom stereocenters. The number of carbonyl (C=O) groups is 2. The van der Waals surface area contributed by atoms with Crippen LogP contribution in [0.15, 0.2) is 65.6 Å². The Morgan fingerprint density at radius 2 is 1.57 bits per heavy atom. The van der Waals surface area contributed by atoms with Crippen molar-refractivity contribution in [3.8, 4) is 0 Å². The Kier molecular flexibility index (Phi) is 12.2. The molecule has 0 aromatic heterocycles. The number of piperazine rings is 1. The van der Waals surface area contributed by atoms with E-state index in [-0.39, 0.29) is 48.0 Å². The van der Waals surface area contributed by atoms with Crippen molar-refractivity contribution in [1.82, 2.24) is 19.8 Å². The van der Waals surface area contributed by atoms with Crippen molar-refractivity contribution < 1.29 is 31.9 Å². The van der Waals surface area contributed by atoms with Crippen LogP contribution in [-0.4, -0.2) is 85.5 Å². The second-order valence-electron chi connectivity index (χ2n) is 12.2. The zero-order chi connectivity index (χ0) is 34.3. The van der Waals surface area contributed by atoms with E-state index in [1.165, 1.54) is 22.5 Å². The Labute approximate surface area is 276 Å². The number of carbonyl (C=O) groups excluding carboxylic acids is 2. The number of rotatable bonds is 13. The highest BCUT2D eigenvalue weighted by Gasteiger charge is 2.37. The normalized spacial score (nSPS) is 16.8. The molecule has 1 aliphatic heterocycles. The van der Waals surface area contributed by atoms with E-state index in [0.29, 0.717) is 24.2 Å². The highest BCUT2D eigenvalue weighted by atomic mass is 32.2. The van der Waals surface area contributed by atoms with Crippen molar-refractivity contribution in [1.29, 1.82) is 0 Å². The summed E-state index contributed by atoms with van der Waals surface area (Å²) in [4.78, 5) is 28.9. The molecule has 3 aromatic carbocycles. The molecule has 2 amide bonds. The Morgan fingerprint density at radius 1 is 0.957 bits per heavy atom. The van der Waals surface area contributed by atoms with E-state index in [9.17, 15) is 31.9 Å². The molecule has 47 heavy (non-hydrogen) atoms. The highest BCUT2D eigenvalue weighted by Crippen LogP contribution is 2.21. The number of halogens is 2. The van der Waals surface area contributed by atoms with Crippen LogP contribution in [-0.2, 0) is 16.4 Å². The summed E-state index contributed by atoms with van der Waals surface area (Å²) in [6, 6.07) is 12.4. The predicted octanol–water partition coefficient (Wildman–Crippen LogP) is 4.21. The number of sulfonamides is 1. The van der Waals surface area contributed by atoms with Crippen molar-refractivity contribution in [3.63, 3.8) is 0 Å². The molecular formula is C35H44F2N4O5S. The van der Waals surface area contributed by atoms with E-state index in [0.717, 1.165) is 36.6 Å². The second kappa shape index (κ2) is 15.9. The van der Waals surface area contributed by atoms with Gasteiger partial charge in [0, 0.05) is 56.0 Å². The molecule has 0 spiro atoms. The van der Waals surface area contributed by atoms with Crippen molar-refractivity contribution in [2.45, 2.75) is 70.0 Å². The summed E-state index contributed by atoms with van der Waals surface area (Å²) in [5.74, 6) is -2.41. The number of hydrogen-bond donors (Lipinski definition) is 3. The van der Waals surface area contributed by atoms with Gasteiger partial charge < -0.3 is 20.6 Å². The lowest BCUT2D eigenvalue weighted by molar-refractivity contribution is 0.0600. The van der Waals surface area contributed by atoms with Crippen LogP contribution < -0.4 is 10.6 Å². The van der Waals surface area contributed by atoms with Gasteiger partial charge in [0.2, 0.25) is 10.0 Å². The van der Waals surface area contributed by atoms with Gasteiger partial charge in [-0.15, -0.1) is 0 Å². The minimum Gasteiger partial charge on any atom is -0.389 e. The van der Waals surface area contributed by atoms with E-state index >= 15 is 0 Å². The molecule has 4 rings (SSSR count). The molecule has 1 fully saturated rings. The lowest BCUT2D eigenvalue weighted by Gasteiger charge is -2.38. The number of nitrogens with one attached hydrogen (secondary N) is 2. The molecule has 254 valence electrons. The Hall–Kier alpha value is -3.71. The standard InChI is InChI=1S/C35H44F2N4O5S/c1-5-12-40(13-6-2)35(44)27-16-24(4)15-26(20-27)34(43)39-31(19-25-17-28(36)21-29(37)18-25)33(42)32-22-41(14-11-38-32)47(45,46)30-9-7-23(3)8-10-30/h7-10,15-18,20-21,31-33,38,42H,5-6,11-14,19,22H2,1-4H3,(H,39,43)/t31-,32+,33?/m0/s1. The van der Waals surface area contributed by atoms with Crippen LogP contribution in [0.2, 0.25) is 0 Å². The molecule has 3 N–H and O–H groups in total. The summed E-state index contributed by atoms with van der Waals surface area (Å²) < 4.78 is 56.5. The maximum atomic E-state index is 14.2. The summed E-state index contributed by atoms with van der Waals surface area (Å²) in [5, 5.41) is 17.6. The average molecular weight is 671 g/mol. The maximum Gasteiger partial charge on any atom is 0.253 e. The van der Waals surface area contributed by atoms with Gasteiger partial charge in [-0.25, -0.2) is 17.2 Å². The van der Waals surface area contributed by atoms with E-state index in [4.69, 9.17) is 0 Å². The number of hydrogen-bond acceptors (Lipinski definition) is 6. The zero-order valence-corrected chi connectivity index (χ0v) is 28.1. The van der Waals surface area contributed by atoms with Crippen LogP contribution in [0.1, 0.15) is 64.1 Å². The van der Waals surface area contributed by atoms with E-state index in [1.54, 1.807) is 36.1 Å². The monoisotopic (exact) mass is 670 g/mol. The number of nitrogens with zero attached hydrogens (tertiary/aromatic N) is 2. The van der Waals surface area contributed by atoms with Crippen molar-refractivity contribution in [2.75, 3.05) is 32.7 Å². The van der Waals surface area contributed by atoms with Crippen LogP contribution in [0, 0.1) is 25.5 Å². The van der Waals surface area contributed by atoms with E-state index < -0.39 is 45.8 Å². The van der Waals surface area contributed by atoms with Gasteiger partial charge in [-0.1, -0.05) is 31.5 Å². The summed E-state index contributed by atoms with van der Waals surface area (Å²) in [6.45, 7) is 9.05. The van der Waals surface area contributed by atoms with Crippen LogP contribution in [0.3, 0.4) is 0 Å². The van der Waals surface area contributed by atoms with E-state index in [2.05, 4.69) is 10.6 Å². The van der Waals surface area contributed by atoms with Crippen LogP contribution in [0.5, 0.6) is 0 Å². The minimum atomic E-state index is -3.88. The fourth-order valence-electron chi connectivity index (χ4n) is 5.90. The molecule has 1 saturated heterocycles. The smallest absolute Gasteiger partial charge is 0.253 e. The number of aliphatic hydroxyl groups is 1. The third-order valence-electron chi connectivity index (χ3n) is 8.21. The van der Waals surface area contributed by atoms with Gasteiger partial charge in [0.1, 0.15) is 11.6 Å². The average Bonchev–Trinajstić information content (AvgIpc) is 3.03. The molecule has 9 nitrogen and oxygen atoms in total. The SMILES string of the molecule is CCCN(CCC)C(=O)c1cc(C)cc(C(=O)N[C@@H](Cc2cc(F)cc(F)c2)C(O)[C@H]2CN(S(=O)(=O)c3ccc(C)cc3)CCN2)c1. The third kappa shape index (κ3) is 9.22. The summed E-state index contributed by atoms with van der Waals surface area (Å²) in [7, 11) is -3.88. The van der Waals surface area contributed by atoms with Crippen molar-refractivity contribution in [2.24, 2.45) is 0 Å². The first-order chi connectivity index (χ1) is 22.3. The number of aryl methyl sites for hydroxylation is 2. The zero-order valence-electron chi connectivity index (χ0n) is 27.3. The molecule has 12 heteroatoms. The quantitative estimate of drug-likeness (QED) is 0.251. The molecule has 1 heterocycles. The number of benzene rings is 3. The van der Waals surface area contributed by atoms with Crippen LogP contribution >= 0.6 is 0 Å². The van der Waals surface area contributed by atoms with Crippen molar-refractivity contribution in [3.05, 3.63) is 100 Å². The fraction of sp³-hybridized carbons (Fsp3) is 0.429. The lowest BCUT2D eigenvalue weighted by atomic mass is 9.94. The van der Waals surface area contributed by atoms with Gasteiger partial charge >= 0.3 is 0 Å². The molecule has 0 aliphatic carbocycles. The second-order valence-corrected chi connectivity index (χ2v) is 14.1. The highest BCUT2D eigenvalue weighted by molar-refractivity contribution is 7.89. The molecule has 1 unspecified atom stereocenters. The Balaban J connectivity index is 1.61. The van der Waals surface area contributed by atoms with Gasteiger partial charge in [0.05, 0.1) is 17.0 Å². The fourth-order valence-corrected chi connectivity index (χ4v) is 7.37. The van der Waals surface area contributed by atoms with Crippen LogP contribution in [0.25, 0.3) is 0 Å². The van der Waals surface area contributed by atoms with Crippen LogP contribution in [0.4, 0.5) is 8.78 Å². The first-order valence-electron chi connectivity index (χ1n) is 16.0. The maximum absolute atomic E-state index is 14.2. The first-order valence-corrected chi connectivity index (χ1v) is 17.4. The summed E-state index contributed by atoms with van der Waals surface area (Å²) in [5.41, 5.74) is 2.33. The Bertz CT molecular complexity index is 1640. The van der Waals surface area contributed by atoms with Crippen molar-refractivity contribution >= 4 is 21.8 Å². The molecule has 0 radical (unpaired) electrons. The summed E-state index contributed by atoms with van der Waals surface area (Å²) in [6.07, 6.45) is 0.0497. The van der Waals surface area contributed by atoms with Gasteiger partial charge in [-0.05, 0) is 86.7 Å². The third-order valence-corrected chi connectivity index (χ3v) is 10.1. The Morgan fingerprint density at radius 3 is 2.19 bits per heavy atom. The van der Waals surface area contributed by atoms with Gasteiger partial charge in [0.15, 0.2) is 0 Å². The van der Waals surface area contributed by atoms with Gasteiger partial charge in [0.25, 0.3) is 11.8 Å². The summed E-state index contributed by atoms with van der Waals surface area (Å²) >= 11 is 0. The molecule has 0 bridgehead atoms. The largest absolute Gasteiger partial charge is 0.389 e. The predicted molar refractivity (Wildman–Crippen MR) is 177 cm³/mol. The topological polar surface area (TPSA) is 119 Å². The minimum absolute atomic E-state index is 0.102. The lowest BCUT2D eigenvalue weighted by Crippen LogP contribution is -2.62.